The van der Waals surface area contributed by atoms with Gasteiger partial charge in [0.2, 0.25) is 0 Å². The molecule has 0 atom stereocenters. The molecule has 0 aliphatic carbocycles. The molecule has 1 N–H and O–H groups in total. The molecule has 20 heavy (non-hydrogen) atoms. The van der Waals surface area contributed by atoms with Crippen LogP contribution in [-0.4, -0.2) is 30.8 Å². The first-order valence-electron chi connectivity index (χ1n) is 5.42. The van der Waals surface area contributed by atoms with E-state index in [1.54, 1.807) is 6.92 Å². The van der Waals surface area contributed by atoms with Crippen LogP contribution in [0, 0.1) is 24.0 Å². The zero-order chi connectivity index (χ0) is 15.0. The van der Waals surface area contributed by atoms with E-state index in [0.29, 0.717) is 10.2 Å². The van der Waals surface area contributed by atoms with E-state index in [9.17, 15) is 14.9 Å². The van der Waals surface area contributed by atoms with Crippen LogP contribution in [0.5, 0.6) is 0 Å². The highest BCUT2D eigenvalue weighted by Crippen LogP contribution is 2.31. The van der Waals surface area contributed by atoms with Gasteiger partial charge in [-0.25, -0.2) is 9.48 Å². The summed E-state index contributed by atoms with van der Waals surface area (Å²) in [6, 6.07) is 0. The zero-order valence-electron chi connectivity index (χ0n) is 10.5. The lowest BCUT2D eigenvalue weighted by Crippen LogP contribution is -2.06. The number of rotatable bonds is 3. The SMILES string of the molecule is Cc1nn(-c2c(Br)cncc2[N+](=O)[O-])c(C)c1C(=O)O. The average molecular weight is 341 g/mol. The summed E-state index contributed by atoms with van der Waals surface area (Å²) in [7, 11) is 0. The predicted molar refractivity (Wildman–Crippen MR) is 72.1 cm³/mol. The molecule has 0 saturated carbocycles. The lowest BCUT2D eigenvalue weighted by molar-refractivity contribution is -0.385. The second kappa shape index (κ2) is 5.00. The molecule has 0 saturated heterocycles. The number of aryl methyl sites for hydroxylation is 1. The highest BCUT2D eigenvalue weighted by Gasteiger charge is 2.25. The highest BCUT2D eigenvalue weighted by atomic mass is 79.9. The minimum Gasteiger partial charge on any atom is -0.478 e. The molecule has 104 valence electrons. The lowest BCUT2D eigenvalue weighted by atomic mass is 10.2. The number of aromatic nitrogens is 3. The Morgan fingerprint density at radius 3 is 2.60 bits per heavy atom. The Bertz CT molecular complexity index is 725. The van der Waals surface area contributed by atoms with Gasteiger partial charge in [-0.3, -0.25) is 15.1 Å². The molecule has 0 amide bonds. The van der Waals surface area contributed by atoms with Crippen LogP contribution in [0.4, 0.5) is 5.69 Å². The molecule has 0 aromatic carbocycles. The third-order valence-corrected chi connectivity index (χ3v) is 3.35. The number of nitrogens with zero attached hydrogens (tertiary/aromatic N) is 4. The average Bonchev–Trinajstić information content (AvgIpc) is 2.64. The van der Waals surface area contributed by atoms with Gasteiger partial charge < -0.3 is 5.11 Å². The first-order chi connectivity index (χ1) is 9.34. The molecule has 9 heteroatoms. The number of pyridine rings is 1. The van der Waals surface area contributed by atoms with Crippen molar-refractivity contribution in [1.82, 2.24) is 14.8 Å². The van der Waals surface area contributed by atoms with E-state index < -0.39 is 10.9 Å². The summed E-state index contributed by atoms with van der Waals surface area (Å²) in [6.07, 6.45) is 2.48. The number of aromatic carboxylic acids is 1. The number of hydrogen-bond acceptors (Lipinski definition) is 5. The molecule has 0 bridgehead atoms. The maximum absolute atomic E-state index is 11.2. The van der Waals surface area contributed by atoms with Crippen LogP contribution in [0.15, 0.2) is 16.9 Å². The summed E-state index contributed by atoms with van der Waals surface area (Å²) in [4.78, 5) is 25.4. The second-order valence-electron chi connectivity index (χ2n) is 4.01. The van der Waals surface area contributed by atoms with Crippen LogP contribution in [0.3, 0.4) is 0 Å². The van der Waals surface area contributed by atoms with Crippen molar-refractivity contribution in [3.05, 3.63) is 43.9 Å². The molecule has 2 aromatic rings. The van der Waals surface area contributed by atoms with Gasteiger partial charge in [-0.2, -0.15) is 5.10 Å². The standard InChI is InChI=1S/C11H9BrN4O4/c1-5-9(11(17)18)6(2)15(14-5)10-7(12)3-13-4-8(10)16(19)20/h3-4H,1-2H3,(H,17,18). The van der Waals surface area contributed by atoms with Crippen molar-refractivity contribution in [2.24, 2.45) is 0 Å². The minimum absolute atomic E-state index is 0.0306. The van der Waals surface area contributed by atoms with Gasteiger partial charge in [0.05, 0.1) is 20.8 Å². The number of nitro groups is 1. The van der Waals surface area contributed by atoms with Crippen molar-refractivity contribution < 1.29 is 14.8 Å². The Morgan fingerprint density at radius 2 is 2.10 bits per heavy atom. The Kier molecular flexibility index (Phi) is 3.53. The van der Waals surface area contributed by atoms with Crippen molar-refractivity contribution in [2.75, 3.05) is 0 Å². The Hall–Kier alpha value is -2.29. The van der Waals surface area contributed by atoms with Gasteiger partial charge in [-0.1, -0.05) is 0 Å². The van der Waals surface area contributed by atoms with Crippen molar-refractivity contribution >= 4 is 27.6 Å². The number of carboxylic acids is 1. The van der Waals surface area contributed by atoms with Crippen LogP contribution in [0.2, 0.25) is 0 Å². The van der Waals surface area contributed by atoms with E-state index in [-0.39, 0.29) is 22.6 Å². The smallest absolute Gasteiger partial charge is 0.339 e. The van der Waals surface area contributed by atoms with E-state index in [1.165, 1.54) is 17.8 Å². The largest absolute Gasteiger partial charge is 0.478 e. The monoisotopic (exact) mass is 340 g/mol. The highest BCUT2D eigenvalue weighted by molar-refractivity contribution is 9.10. The molecule has 0 unspecified atom stereocenters. The summed E-state index contributed by atoms with van der Waals surface area (Å²) in [5, 5.41) is 24.3. The summed E-state index contributed by atoms with van der Waals surface area (Å²) in [6.45, 7) is 3.08. The lowest BCUT2D eigenvalue weighted by Gasteiger charge is -2.07. The Balaban J connectivity index is 2.79. The molecule has 2 rings (SSSR count). The van der Waals surface area contributed by atoms with Gasteiger partial charge in [0.15, 0.2) is 5.69 Å². The van der Waals surface area contributed by atoms with Gasteiger partial charge in [0.25, 0.3) is 0 Å². The topological polar surface area (TPSA) is 111 Å². The fourth-order valence-corrected chi connectivity index (χ4v) is 2.42. The summed E-state index contributed by atoms with van der Waals surface area (Å²) >= 11 is 3.18. The van der Waals surface area contributed by atoms with Crippen LogP contribution in [-0.2, 0) is 0 Å². The van der Waals surface area contributed by atoms with E-state index >= 15 is 0 Å². The molecule has 0 fully saturated rings. The quantitative estimate of drug-likeness (QED) is 0.677. The molecule has 2 aromatic heterocycles. The maximum Gasteiger partial charge on any atom is 0.339 e. The Morgan fingerprint density at radius 1 is 1.45 bits per heavy atom. The van der Waals surface area contributed by atoms with E-state index in [1.807, 2.05) is 0 Å². The number of carbonyl (C=O) groups is 1. The fourth-order valence-electron chi connectivity index (χ4n) is 1.93. The number of halogens is 1. The van der Waals surface area contributed by atoms with Gasteiger partial charge in [0, 0.05) is 6.20 Å². The minimum atomic E-state index is -1.13. The van der Waals surface area contributed by atoms with Crippen molar-refractivity contribution in [2.45, 2.75) is 13.8 Å². The molecular weight excluding hydrogens is 332 g/mol. The van der Waals surface area contributed by atoms with Gasteiger partial charge >= 0.3 is 11.7 Å². The maximum atomic E-state index is 11.2. The second-order valence-corrected chi connectivity index (χ2v) is 4.86. The third-order valence-electron chi connectivity index (χ3n) is 2.77. The van der Waals surface area contributed by atoms with E-state index in [0.717, 1.165) is 6.20 Å². The molecule has 2 heterocycles. The molecule has 0 spiro atoms. The zero-order valence-corrected chi connectivity index (χ0v) is 12.1. The third kappa shape index (κ3) is 2.16. The van der Waals surface area contributed by atoms with Crippen molar-refractivity contribution in [3.63, 3.8) is 0 Å². The van der Waals surface area contributed by atoms with Gasteiger partial charge in [0.1, 0.15) is 11.8 Å². The first kappa shape index (κ1) is 14.1. The predicted octanol–water partition coefficient (Wildman–Crippen LogP) is 2.25. The van der Waals surface area contributed by atoms with Crippen LogP contribution in [0.25, 0.3) is 5.69 Å². The first-order valence-corrected chi connectivity index (χ1v) is 6.21. The van der Waals surface area contributed by atoms with E-state index in [4.69, 9.17) is 5.11 Å². The van der Waals surface area contributed by atoms with E-state index in [2.05, 4.69) is 26.0 Å². The van der Waals surface area contributed by atoms with Crippen molar-refractivity contribution in [1.29, 1.82) is 0 Å². The normalized spacial score (nSPS) is 10.6. The molecular formula is C11H9BrN4O4. The summed E-state index contributed by atoms with van der Waals surface area (Å²) < 4.78 is 1.59. The molecule has 0 radical (unpaired) electrons. The number of hydrogen-bond donors (Lipinski definition) is 1. The molecule has 0 aliphatic heterocycles. The molecule has 8 nitrogen and oxygen atoms in total. The summed E-state index contributed by atoms with van der Waals surface area (Å²) in [5.74, 6) is -1.13. The van der Waals surface area contributed by atoms with Crippen LogP contribution in [0.1, 0.15) is 21.7 Å². The van der Waals surface area contributed by atoms with Crippen LogP contribution < -0.4 is 0 Å². The number of carboxylic acid groups (broad SMARTS) is 1. The van der Waals surface area contributed by atoms with Gasteiger partial charge in [-0.05, 0) is 29.8 Å². The van der Waals surface area contributed by atoms with Crippen LogP contribution >= 0.6 is 15.9 Å². The van der Waals surface area contributed by atoms with Crippen molar-refractivity contribution in [3.8, 4) is 5.69 Å². The summed E-state index contributed by atoms with van der Waals surface area (Å²) in [5.41, 5.74) is 0.515. The molecule has 0 aliphatic rings. The fraction of sp³-hybridized carbons (Fsp3) is 0.182. The van der Waals surface area contributed by atoms with Gasteiger partial charge in [-0.15, -0.1) is 0 Å². The Labute approximate surface area is 121 Å².